The molecule has 100 valence electrons. The average Bonchev–Trinajstić information content (AvgIpc) is 2.38. The quantitative estimate of drug-likeness (QED) is 0.908. The molecule has 1 unspecified atom stereocenters. The van der Waals surface area contributed by atoms with Crippen molar-refractivity contribution in [1.82, 2.24) is 0 Å². The van der Waals surface area contributed by atoms with Crippen molar-refractivity contribution in [2.75, 3.05) is 0 Å². The number of ether oxygens (including phenoxy) is 1. The summed E-state index contributed by atoms with van der Waals surface area (Å²) in [4.78, 5) is 0. The van der Waals surface area contributed by atoms with E-state index >= 15 is 0 Å². The molecule has 0 aromatic heterocycles. The summed E-state index contributed by atoms with van der Waals surface area (Å²) in [5, 5.41) is 10.4. The van der Waals surface area contributed by atoms with Crippen molar-refractivity contribution in [2.24, 2.45) is 0 Å². The largest absolute Gasteiger partial charge is 0.491 e. The third-order valence-corrected chi connectivity index (χ3v) is 2.74. The first kappa shape index (κ1) is 13.6. The molecule has 19 heavy (non-hydrogen) atoms. The summed E-state index contributed by atoms with van der Waals surface area (Å²) in [5.41, 5.74) is 1.15. The Labute approximate surface area is 112 Å². The zero-order valence-electron chi connectivity index (χ0n) is 11.0. The third kappa shape index (κ3) is 3.32. The molecule has 2 aromatic carbocycles. The van der Waals surface area contributed by atoms with Gasteiger partial charge in [0.05, 0.1) is 6.10 Å². The van der Waals surface area contributed by atoms with Gasteiger partial charge in [0.1, 0.15) is 17.7 Å². The fourth-order valence-corrected chi connectivity index (χ4v) is 1.92. The zero-order valence-corrected chi connectivity index (χ0v) is 11.0. The molecule has 3 heteroatoms. The maximum atomic E-state index is 13.2. The highest BCUT2D eigenvalue weighted by Crippen LogP contribution is 2.30. The van der Waals surface area contributed by atoms with Crippen LogP contribution in [0.25, 0.3) is 0 Å². The van der Waals surface area contributed by atoms with Crippen LogP contribution in [0.5, 0.6) is 5.75 Å². The monoisotopic (exact) mass is 260 g/mol. The second-order valence-corrected chi connectivity index (χ2v) is 4.66. The van der Waals surface area contributed by atoms with E-state index in [1.165, 1.54) is 12.1 Å². The van der Waals surface area contributed by atoms with E-state index in [1.54, 1.807) is 24.3 Å². The minimum Gasteiger partial charge on any atom is -0.491 e. The van der Waals surface area contributed by atoms with Gasteiger partial charge in [-0.05, 0) is 37.6 Å². The molecule has 0 saturated carbocycles. The van der Waals surface area contributed by atoms with Crippen molar-refractivity contribution in [2.45, 2.75) is 26.1 Å². The van der Waals surface area contributed by atoms with Crippen molar-refractivity contribution < 1.29 is 14.2 Å². The van der Waals surface area contributed by atoms with Crippen LogP contribution < -0.4 is 4.74 Å². The second-order valence-electron chi connectivity index (χ2n) is 4.66. The molecule has 0 heterocycles. The Morgan fingerprint density at radius 1 is 1.05 bits per heavy atom. The standard InChI is InChI=1S/C16H17FO2/c1-11(2)19-15-9-4-3-8-14(15)16(18)12-6-5-7-13(17)10-12/h3-11,16,18H,1-2H3. The topological polar surface area (TPSA) is 29.5 Å². The minimum atomic E-state index is -0.898. The number of para-hydroxylation sites is 1. The average molecular weight is 260 g/mol. The van der Waals surface area contributed by atoms with Gasteiger partial charge in [0.15, 0.2) is 0 Å². The molecule has 0 aliphatic carbocycles. The smallest absolute Gasteiger partial charge is 0.125 e. The van der Waals surface area contributed by atoms with E-state index in [4.69, 9.17) is 4.74 Å². The molecular formula is C16H17FO2. The summed E-state index contributed by atoms with van der Waals surface area (Å²) < 4.78 is 18.9. The number of halogens is 1. The van der Waals surface area contributed by atoms with Gasteiger partial charge in [0, 0.05) is 5.56 Å². The van der Waals surface area contributed by atoms with E-state index in [-0.39, 0.29) is 11.9 Å². The van der Waals surface area contributed by atoms with Gasteiger partial charge in [0.2, 0.25) is 0 Å². The second kappa shape index (κ2) is 5.85. The molecular weight excluding hydrogens is 243 g/mol. The summed E-state index contributed by atoms with van der Waals surface area (Å²) in [5.74, 6) is 0.257. The first-order valence-corrected chi connectivity index (χ1v) is 6.27. The minimum absolute atomic E-state index is 0.0147. The molecule has 0 bridgehead atoms. The predicted octanol–water partition coefficient (Wildman–Crippen LogP) is 3.69. The summed E-state index contributed by atoms with van der Waals surface area (Å²) >= 11 is 0. The Hall–Kier alpha value is -1.87. The van der Waals surface area contributed by atoms with Crippen LogP contribution in [0.1, 0.15) is 31.1 Å². The highest BCUT2D eigenvalue weighted by Gasteiger charge is 2.16. The SMILES string of the molecule is CC(C)Oc1ccccc1C(O)c1cccc(F)c1. The highest BCUT2D eigenvalue weighted by molar-refractivity contribution is 5.40. The summed E-state index contributed by atoms with van der Waals surface area (Å²) in [6.45, 7) is 3.84. The van der Waals surface area contributed by atoms with Gasteiger partial charge in [-0.3, -0.25) is 0 Å². The van der Waals surface area contributed by atoms with Gasteiger partial charge in [-0.2, -0.15) is 0 Å². The van der Waals surface area contributed by atoms with E-state index in [1.807, 2.05) is 26.0 Å². The molecule has 1 atom stereocenters. The molecule has 0 aliphatic heterocycles. The maximum Gasteiger partial charge on any atom is 0.125 e. The van der Waals surface area contributed by atoms with E-state index in [0.717, 1.165) is 0 Å². The van der Waals surface area contributed by atoms with Crippen LogP contribution >= 0.6 is 0 Å². The van der Waals surface area contributed by atoms with Gasteiger partial charge in [0.25, 0.3) is 0 Å². The van der Waals surface area contributed by atoms with Crippen molar-refractivity contribution in [3.05, 3.63) is 65.5 Å². The molecule has 0 spiro atoms. The lowest BCUT2D eigenvalue weighted by atomic mass is 10.0. The van der Waals surface area contributed by atoms with E-state index in [9.17, 15) is 9.50 Å². The van der Waals surface area contributed by atoms with Crippen LogP contribution in [0, 0.1) is 5.82 Å². The van der Waals surface area contributed by atoms with Crippen LogP contribution in [0.3, 0.4) is 0 Å². The molecule has 1 N–H and O–H groups in total. The summed E-state index contributed by atoms with van der Waals surface area (Å²) in [6, 6.07) is 13.2. The fraction of sp³-hybridized carbons (Fsp3) is 0.250. The number of hydrogen-bond acceptors (Lipinski definition) is 2. The van der Waals surface area contributed by atoms with Gasteiger partial charge in [-0.1, -0.05) is 30.3 Å². The molecule has 2 nitrogen and oxygen atoms in total. The summed E-state index contributed by atoms with van der Waals surface area (Å²) in [6.07, 6.45) is -0.883. The zero-order chi connectivity index (χ0) is 13.8. The Bertz CT molecular complexity index is 552. The van der Waals surface area contributed by atoms with Gasteiger partial charge >= 0.3 is 0 Å². The molecule has 0 fully saturated rings. The fourth-order valence-electron chi connectivity index (χ4n) is 1.92. The Morgan fingerprint density at radius 3 is 2.47 bits per heavy atom. The molecule has 0 aliphatic rings. The highest BCUT2D eigenvalue weighted by atomic mass is 19.1. The maximum absolute atomic E-state index is 13.2. The number of aliphatic hydroxyl groups excluding tert-OH is 1. The van der Waals surface area contributed by atoms with Crippen LogP contribution in [0.15, 0.2) is 48.5 Å². The van der Waals surface area contributed by atoms with E-state index in [2.05, 4.69) is 0 Å². The lowest BCUT2D eigenvalue weighted by Gasteiger charge is -2.18. The lowest BCUT2D eigenvalue weighted by Crippen LogP contribution is -2.10. The number of rotatable bonds is 4. The van der Waals surface area contributed by atoms with Gasteiger partial charge < -0.3 is 9.84 Å². The Morgan fingerprint density at radius 2 is 1.79 bits per heavy atom. The number of benzene rings is 2. The Balaban J connectivity index is 2.35. The van der Waals surface area contributed by atoms with Crippen LogP contribution in [-0.2, 0) is 0 Å². The van der Waals surface area contributed by atoms with Gasteiger partial charge in [-0.25, -0.2) is 4.39 Å². The summed E-state index contributed by atoms with van der Waals surface area (Å²) in [7, 11) is 0. The number of aliphatic hydroxyl groups is 1. The van der Waals surface area contributed by atoms with E-state index in [0.29, 0.717) is 16.9 Å². The van der Waals surface area contributed by atoms with Gasteiger partial charge in [-0.15, -0.1) is 0 Å². The van der Waals surface area contributed by atoms with E-state index < -0.39 is 6.10 Å². The molecule has 0 radical (unpaired) electrons. The first-order chi connectivity index (χ1) is 9.08. The third-order valence-electron chi connectivity index (χ3n) is 2.74. The van der Waals surface area contributed by atoms with Crippen LogP contribution in [0.2, 0.25) is 0 Å². The van der Waals surface area contributed by atoms with Crippen LogP contribution in [-0.4, -0.2) is 11.2 Å². The molecule has 2 aromatic rings. The van der Waals surface area contributed by atoms with Crippen molar-refractivity contribution in [1.29, 1.82) is 0 Å². The molecule has 0 amide bonds. The first-order valence-electron chi connectivity index (χ1n) is 6.27. The van der Waals surface area contributed by atoms with Crippen molar-refractivity contribution in [3.8, 4) is 5.75 Å². The predicted molar refractivity (Wildman–Crippen MR) is 72.7 cm³/mol. The lowest BCUT2D eigenvalue weighted by molar-refractivity contribution is 0.198. The van der Waals surface area contributed by atoms with Crippen molar-refractivity contribution in [3.63, 3.8) is 0 Å². The van der Waals surface area contributed by atoms with Crippen LogP contribution in [0.4, 0.5) is 4.39 Å². The molecule has 0 saturated heterocycles. The Kier molecular flexibility index (Phi) is 4.17. The molecule has 2 rings (SSSR count). The normalized spacial score (nSPS) is 12.5. The van der Waals surface area contributed by atoms with Crippen molar-refractivity contribution >= 4 is 0 Å². The number of hydrogen-bond donors (Lipinski definition) is 1.